The third kappa shape index (κ3) is 2.99. The Bertz CT molecular complexity index is 718. The van der Waals surface area contributed by atoms with Gasteiger partial charge in [-0.15, -0.1) is 0 Å². The third-order valence-corrected chi connectivity index (χ3v) is 6.10. The van der Waals surface area contributed by atoms with Crippen LogP contribution in [0.3, 0.4) is 0 Å². The van der Waals surface area contributed by atoms with Crippen LogP contribution in [-0.4, -0.2) is 51.2 Å². The highest BCUT2D eigenvalue weighted by atomic mass is 15.3. The van der Waals surface area contributed by atoms with Crippen molar-refractivity contribution in [2.75, 3.05) is 31.1 Å². The predicted molar refractivity (Wildman–Crippen MR) is 95.1 cm³/mol. The molecule has 130 valence electrons. The van der Waals surface area contributed by atoms with Crippen molar-refractivity contribution in [1.82, 2.24) is 25.1 Å². The van der Waals surface area contributed by atoms with E-state index >= 15 is 0 Å². The molecule has 0 aromatic carbocycles. The van der Waals surface area contributed by atoms with Crippen LogP contribution < -0.4 is 4.90 Å². The molecule has 2 aromatic heterocycles. The molecule has 2 aliphatic heterocycles. The zero-order valence-corrected chi connectivity index (χ0v) is 14.5. The second kappa shape index (κ2) is 6.33. The highest BCUT2D eigenvalue weighted by Crippen LogP contribution is 2.37. The fourth-order valence-corrected chi connectivity index (χ4v) is 4.51. The highest BCUT2D eigenvalue weighted by Gasteiger charge is 2.40. The Hall–Kier alpha value is -2.08. The fraction of sp³-hybridized carbons (Fsp3) is 0.579. The van der Waals surface area contributed by atoms with Gasteiger partial charge in [0, 0.05) is 56.6 Å². The van der Waals surface area contributed by atoms with Gasteiger partial charge in [-0.25, -0.2) is 9.97 Å². The zero-order chi connectivity index (χ0) is 16.6. The Labute approximate surface area is 148 Å². The summed E-state index contributed by atoms with van der Waals surface area (Å²) in [5.74, 6) is 3.27. The fourth-order valence-electron chi connectivity index (χ4n) is 4.51. The largest absolute Gasteiger partial charge is 0.356 e. The van der Waals surface area contributed by atoms with Crippen molar-refractivity contribution in [2.45, 2.75) is 31.7 Å². The van der Waals surface area contributed by atoms with Crippen molar-refractivity contribution in [3.05, 3.63) is 42.1 Å². The smallest absolute Gasteiger partial charge is 0.132 e. The number of hydrogen-bond acceptors (Lipinski definition) is 6. The topological polar surface area (TPSA) is 58.0 Å². The normalized spacial score (nSPS) is 26.6. The van der Waals surface area contributed by atoms with Crippen molar-refractivity contribution in [3.8, 4) is 0 Å². The molecule has 6 heteroatoms. The Kier molecular flexibility index (Phi) is 3.85. The molecule has 2 aromatic rings. The van der Waals surface area contributed by atoms with Gasteiger partial charge in [-0.3, -0.25) is 4.90 Å². The summed E-state index contributed by atoms with van der Waals surface area (Å²) in [6.45, 7) is 5.45. The summed E-state index contributed by atoms with van der Waals surface area (Å²) < 4.78 is 0. The lowest BCUT2D eigenvalue weighted by atomic mass is 9.83. The lowest BCUT2D eigenvalue weighted by Gasteiger charge is -2.26. The minimum absolute atomic E-state index is 0.673. The third-order valence-electron chi connectivity index (χ3n) is 6.10. The quantitative estimate of drug-likeness (QED) is 0.852. The zero-order valence-electron chi connectivity index (χ0n) is 14.5. The molecule has 0 bridgehead atoms. The SMILES string of the molecule is c1cnnc(CN2CC3CN(c4cc(C5CCC5)ncn4)CC3C2)c1. The highest BCUT2D eigenvalue weighted by molar-refractivity contribution is 5.42. The molecule has 0 radical (unpaired) electrons. The van der Waals surface area contributed by atoms with Crippen LogP contribution >= 0.6 is 0 Å². The van der Waals surface area contributed by atoms with Crippen molar-refractivity contribution in [2.24, 2.45) is 11.8 Å². The lowest BCUT2D eigenvalue weighted by molar-refractivity contribution is 0.304. The maximum absolute atomic E-state index is 4.56. The van der Waals surface area contributed by atoms with Gasteiger partial charge < -0.3 is 4.90 Å². The van der Waals surface area contributed by atoms with Crippen LogP contribution in [0.15, 0.2) is 30.7 Å². The van der Waals surface area contributed by atoms with Gasteiger partial charge >= 0.3 is 0 Å². The minimum Gasteiger partial charge on any atom is -0.356 e. The first-order valence-electron chi connectivity index (χ1n) is 9.41. The van der Waals surface area contributed by atoms with Gasteiger partial charge in [0.1, 0.15) is 12.1 Å². The van der Waals surface area contributed by atoms with E-state index in [1.54, 1.807) is 12.5 Å². The monoisotopic (exact) mass is 336 g/mol. The molecule has 6 nitrogen and oxygen atoms in total. The van der Waals surface area contributed by atoms with Gasteiger partial charge in [0.15, 0.2) is 0 Å². The second-order valence-electron chi connectivity index (χ2n) is 7.76. The molecular formula is C19H24N6. The molecule has 25 heavy (non-hydrogen) atoms. The van der Waals surface area contributed by atoms with E-state index in [1.165, 1.54) is 25.0 Å². The molecule has 1 aliphatic carbocycles. The van der Waals surface area contributed by atoms with E-state index in [1.807, 2.05) is 6.07 Å². The molecule has 3 fully saturated rings. The van der Waals surface area contributed by atoms with Crippen molar-refractivity contribution < 1.29 is 0 Å². The summed E-state index contributed by atoms with van der Waals surface area (Å²) in [5, 5.41) is 8.21. The Morgan fingerprint density at radius 3 is 2.56 bits per heavy atom. The van der Waals surface area contributed by atoms with E-state index in [2.05, 4.69) is 42.1 Å². The first-order chi connectivity index (χ1) is 12.3. The van der Waals surface area contributed by atoms with E-state index in [4.69, 9.17) is 0 Å². The minimum atomic E-state index is 0.673. The summed E-state index contributed by atoms with van der Waals surface area (Å²) in [5.41, 5.74) is 2.32. The number of hydrogen-bond donors (Lipinski definition) is 0. The van der Waals surface area contributed by atoms with Crippen molar-refractivity contribution in [3.63, 3.8) is 0 Å². The molecule has 0 amide bonds. The number of rotatable bonds is 4. The molecule has 0 spiro atoms. The Morgan fingerprint density at radius 1 is 1.04 bits per heavy atom. The predicted octanol–water partition coefficient (Wildman–Crippen LogP) is 2.10. The number of fused-ring (bicyclic) bond motifs is 1. The van der Waals surface area contributed by atoms with Crippen LogP contribution in [0, 0.1) is 11.8 Å². The number of likely N-dealkylation sites (tertiary alicyclic amines) is 1. The first kappa shape index (κ1) is 15.2. The van der Waals surface area contributed by atoms with Crippen LogP contribution in [0.2, 0.25) is 0 Å². The summed E-state index contributed by atoms with van der Waals surface area (Å²) in [6.07, 6.45) is 7.43. The molecule has 2 atom stereocenters. The first-order valence-corrected chi connectivity index (χ1v) is 9.41. The number of anilines is 1. The molecular weight excluding hydrogens is 312 g/mol. The molecule has 2 saturated heterocycles. The van der Waals surface area contributed by atoms with E-state index in [0.717, 1.165) is 56.1 Å². The maximum Gasteiger partial charge on any atom is 0.132 e. The van der Waals surface area contributed by atoms with E-state index in [9.17, 15) is 0 Å². The molecule has 0 N–H and O–H groups in total. The van der Waals surface area contributed by atoms with Gasteiger partial charge in [0.2, 0.25) is 0 Å². The number of aromatic nitrogens is 4. The van der Waals surface area contributed by atoms with Gasteiger partial charge in [0.25, 0.3) is 0 Å². The van der Waals surface area contributed by atoms with Crippen molar-refractivity contribution in [1.29, 1.82) is 0 Å². The Balaban J connectivity index is 1.22. The van der Waals surface area contributed by atoms with Crippen molar-refractivity contribution >= 4 is 5.82 Å². The van der Waals surface area contributed by atoms with Crippen LogP contribution in [0.25, 0.3) is 0 Å². The van der Waals surface area contributed by atoms with Gasteiger partial charge in [-0.1, -0.05) is 6.42 Å². The summed E-state index contributed by atoms with van der Waals surface area (Å²) in [6, 6.07) is 6.27. The lowest BCUT2D eigenvalue weighted by Crippen LogP contribution is -2.29. The second-order valence-corrected chi connectivity index (χ2v) is 7.76. The molecule has 2 unspecified atom stereocenters. The summed E-state index contributed by atoms with van der Waals surface area (Å²) in [4.78, 5) is 14.1. The van der Waals surface area contributed by atoms with Crippen LogP contribution in [0.1, 0.15) is 36.6 Å². The van der Waals surface area contributed by atoms with E-state index in [-0.39, 0.29) is 0 Å². The molecule has 1 saturated carbocycles. The molecule has 4 heterocycles. The van der Waals surface area contributed by atoms with Gasteiger partial charge in [-0.2, -0.15) is 10.2 Å². The van der Waals surface area contributed by atoms with E-state index < -0.39 is 0 Å². The van der Waals surface area contributed by atoms with Gasteiger partial charge in [0.05, 0.1) is 5.69 Å². The molecule has 5 rings (SSSR count). The van der Waals surface area contributed by atoms with Crippen LogP contribution in [0.4, 0.5) is 5.82 Å². The van der Waals surface area contributed by atoms with E-state index in [0.29, 0.717) is 5.92 Å². The summed E-state index contributed by atoms with van der Waals surface area (Å²) >= 11 is 0. The van der Waals surface area contributed by atoms with Crippen LogP contribution in [0.5, 0.6) is 0 Å². The average Bonchev–Trinajstić information content (AvgIpc) is 3.13. The molecule has 3 aliphatic rings. The van der Waals surface area contributed by atoms with Gasteiger partial charge in [-0.05, 0) is 36.8 Å². The Morgan fingerprint density at radius 2 is 1.88 bits per heavy atom. The maximum atomic E-state index is 4.56. The van der Waals surface area contributed by atoms with Crippen LogP contribution in [-0.2, 0) is 6.54 Å². The summed E-state index contributed by atoms with van der Waals surface area (Å²) in [7, 11) is 0. The number of nitrogens with zero attached hydrogens (tertiary/aromatic N) is 6. The average molecular weight is 336 g/mol. The standard InChI is InChI=1S/C19H24N6/c1-3-14(4-1)18-7-19(21-13-20-18)25-10-15-8-24(9-16(15)11-25)12-17-5-2-6-22-23-17/h2,5-7,13-16H,1,3-4,8-12H2.